The molecule has 1 nitrogen and oxygen atoms in total. The summed E-state index contributed by atoms with van der Waals surface area (Å²) in [5.41, 5.74) is 0. The van der Waals surface area contributed by atoms with Gasteiger partial charge in [-0.2, -0.15) is 11.8 Å². The minimum absolute atomic E-state index is 0.823. The summed E-state index contributed by atoms with van der Waals surface area (Å²) in [7, 11) is 0. The normalized spacial score (nSPS) is 28.3. The smallest absolute Gasteiger partial charge is 0.00954 e. The van der Waals surface area contributed by atoms with Crippen LogP contribution in [0.15, 0.2) is 0 Å². The molecule has 0 radical (unpaired) electrons. The zero-order chi connectivity index (χ0) is 13.5. The van der Waals surface area contributed by atoms with Gasteiger partial charge < -0.3 is 4.90 Å². The highest BCUT2D eigenvalue weighted by molar-refractivity contribution is 7.99. The Hall–Kier alpha value is 0.310. The van der Waals surface area contributed by atoms with Gasteiger partial charge in [0.15, 0.2) is 0 Å². The second kappa shape index (κ2) is 8.47. The van der Waals surface area contributed by atoms with Gasteiger partial charge >= 0.3 is 0 Å². The molecule has 1 rings (SSSR count). The third kappa shape index (κ3) is 4.77. The zero-order valence-corrected chi connectivity index (χ0v) is 13.9. The van der Waals surface area contributed by atoms with Crippen LogP contribution in [-0.2, 0) is 0 Å². The molecular weight excluding hydrogens is 238 g/mol. The molecule has 0 aliphatic heterocycles. The van der Waals surface area contributed by atoms with Crippen molar-refractivity contribution >= 4 is 11.8 Å². The highest BCUT2D eigenvalue weighted by Gasteiger charge is 2.25. The van der Waals surface area contributed by atoms with Crippen molar-refractivity contribution in [2.24, 2.45) is 11.8 Å². The van der Waals surface area contributed by atoms with Crippen LogP contribution in [-0.4, -0.2) is 35.5 Å². The number of hydrogen-bond donors (Lipinski definition) is 0. The van der Waals surface area contributed by atoms with E-state index in [9.17, 15) is 0 Å². The molecule has 2 unspecified atom stereocenters. The summed E-state index contributed by atoms with van der Waals surface area (Å²) < 4.78 is 0. The van der Waals surface area contributed by atoms with Gasteiger partial charge in [-0.05, 0) is 56.7 Å². The van der Waals surface area contributed by atoms with Crippen LogP contribution in [0.3, 0.4) is 0 Å². The summed E-state index contributed by atoms with van der Waals surface area (Å²) >= 11 is 2.05. The highest BCUT2D eigenvalue weighted by Crippen LogP contribution is 2.29. The van der Waals surface area contributed by atoms with Crippen molar-refractivity contribution in [1.29, 1.82) is 0 Å². The standard InChI is InChI=1S/C16H33NS/c1-6-16(18-5)14(4)12-17(7-2)15-10-8-13(3)9-11-15/h13-16H,6-12H2,1-5H3. The van der Waals surface area contributed by atoms with E-state index < -0.39 is 0 Å². The molecular formula is C16H33NS. The van der Waals surface area contributed by atoms with Crippen LogP contribution >= 0.6 is 11.8 Å². The third-order valence-corrected chi connectivity index (χ3v) is 6.17. The van der Waals surface area contributed by atoms with Crippen molar-refractivity contribution in [3.05, 3.63) is 0 Å². The lowest BCUT2D eigenvalue weighted by Gasteiger charge is -2.38. The minimum atomic E-state index is 0.823. The Morgan fingerprint density at radius 1 is 1.17 bits per heavy atom. The highest BCUT2D eigenvalue weighted by atomic mass is 32.2. The van der Waals surface area contributed by atoms with E-state index in [1.54, 1.807) is 0 Å². The Balaban J connectivity index is 2.45. The molecule has 0 saturated heterocycles. The Kier molecular flexibility index (Phi) is 7.70. The van der Waals surface area contributed by atoms with Crippen LogP contribution in [0.4, 0.5) is 0 Å². The lowest BCUT2D eigenvalue weighted by atomic mass is 9.86. The summed E-state index contributed by atoms with van der Waals surface area (Å²) in [5, 5.41) is 0.835. The molecule has 2 atom stereocenters. The van der Waals surface area contributed by atoms with E-state index in [4.69, 9.17) is 0 Å². The van der Waals surface area contributed by atoms with Crippen molar-refractivity contribution < 1.29 is 0 Å². The van der Waals surface area contributed by atoms with Gasteiger partial charge in [0.1, 0.15) is 0 Å². The number of thioether (sulfide) groups is 1. The van der Waals surface area contributed by atoms with Gasteiger partial charge in [0.25, 0.3) is 0 Å². The molecule has 0 amide bonds. The first kappa shape index (κ1) is 16.4. The minimum Gasteiger partial charge on any atom is -0.300 e. The summed E-state index contributed by atoms with van der Waals surface area (Å²) in [6.45, 7) is 12.1. The maximum atomic E-state index is 2.76. The maximum Gasteiger partial charge on any atom is 0.00954 e. The predicted molar refractivity (Wildman–Crippen MR) is 85.4 cm³/mol. The molecule has 0 N–H and O–H groups in total. The average Bonchev–Trinajstić information content (AvgIpc) is 2.38. The van der Waals surface area contributed by atoms with Gasteiger partial charge in [-0.1, -0.05) is 27.7 Å². The molecule has 0 aromatic carbocycles. The third-order valence-electron chi connectivity index (χ3n) is 4.77. The summed E-state index contributed by atoms with van der Waals surface area (Å²) in [4.78, 5) is 2.76. The first-order valence-corrected chi connectivity index (χ1v) is 9.17. The molecule has 0 heterocycles. The molecule has 18 heavy (non-hydrogen) atoms. The van der Waals surface area contributed by atoms with Crippen molar-refractivity contribution in [2.45, 2.75) is 71.1 Å². The van der Waals surface area contributed by atoms with Crippen LogP contribution in [0.5, 0.6) is 0 Å². The lowest BCUT2D eigenvalue weighted by Crippen LogP contribution is -2.41. The van der Waals surface area contributed by atoms with Gasteiger partial charge in [0.2, 0.25) is 0 Å². The van der Waals surface area contributed by atoms with Crippen molar-refractivity contribution in [1.82, 2.24) is 4.90 Å². The number of hydrogen-bond acceptors (Lipinski definition) is 2. The van der Waals surface area contributed by atoms with E-state index >= 15 is 0 Å². The fourth-order valence-corrected chi connectivity index (χ4v) is 4.32. The maximum absolute atomic E-state index is 2.76. The van der Waals surface area contributed by atoms with E-state index in [-0.39, 0.29) is 0 Å². The topological polar surface area (TPSA) is 3.24 Å². The Morgan fingerprint density at radius 3 is 2.22 bits per heavy atom. The van der Waals surface area contributed by atoms with Crippen molar-refractivity contribution in [3.63, 3.8) is 0 Å². The van der Waals surface area contributed by atoms with Gasteiger partial charge in [0, 0.05) is 17.8 Å². The SMILES string of the molecule is CCC(SC)C(C)CN(CC)C1CCC(C)CC1. The quantitative estimate of drug-likeness (QED) is 0.662. The van der Waals surface area contributed by atoms with Crippen LogP contribution in [0, 0.1) is 11.8 Å². The van der Waals surface area contributed by atoms with Gasteiger partial charge in [-0.3, -0.25) is 0 Å². The van der Waals surface area contributed by atoms with E-state index in [1.807, 2.05) is 0 Å². The summed E-state index contributed by atoms with van der Waals surface area (Å²) in [6.07, 6.45) is 9.31. The van der Waals surface area contributed by atoms with Crippen molar-refractivity contribution in [3.8, 4) is 0 Å². The van der Waals surface area contributed by atoms with E-state index in [0.717, 1.165) is 23.1 Å². The van der Waals surface area contributed by atoms with Gasteiger partial charge in [-0.25, -0.2) is 0 Å². The molecule has 1 aliphatic carbocycles. The van der Waals surface area contributed by atoms with Crippen LogP contribution in [0.1, 0.15) is 59.8 Å². The fraction of sp³-hybridized carbons (Fsp3) is 1.00. The Morgan fingerprint density at radius 2 is 1.78 bits per heavy atom. The first-order chi connectivity index (χ1) is 8.62. The predicted octanol–water partition coefficient (Wildman–Crippen LogP) is 4.66. The molecule has 0 aromatic heterocycles. The molecule has 0 aromatic rings. The number of rotatable bonds is 7. The van der Waals surface area contributed by atoms with Crippen LogP contribution < -0.4 is 0 Å². The second-order valence-corrected chi connectivity index (χ2v) is 7.24. The Labute approximate surface area is 119 Å². The zero-order valence-electron chi connectivity index (χ0n) is 13.1. The van der Waals surface area contributed by atoms with Gasteiger partial charge in [0.05, 0.1) is 0 Å². The molecule has 1 saturated carbocycles. The average molecular weight is 272 g/mol. The molecule has 0 spiro atoms. The summed E-state index contributed by atoms with van der Waals surface area (Å²) in [6, 6.07) is 0.869. The van der Waals surface area contributed by atoms with E-state index in [1.165, 1.54) is 45.2 Å². The van der Waals surface area contributed by atoms with Crippen LogP contribution in [0.2, 0.25) is 0 Å². The molecule has 108 valence electrons. The summed E-state index contributed by atoms with van der Waals surface area (Å²) in [5.74, 6) is 1.79. The van der Waals surface area contributed by atoms with Crippen molar-refractivity contribution in [2.75, 3.05) is 19.3 Å². The fourth-order valence-electron chi connectivity index (χ4n) is 3.43. The number of nitrogens with zero attached hydrogens (tertiary/aromatic N) is 1. The van der Waals surface area contributed by atoms with E-state index in [0.29, 0.717) is 0 Å². The molecule has 1 fully saturated rings. The Bertz CT molecular complexity index is 207. The first-order valence-electron chi connectivity index (χ1n) is 7.89. The molecule has 0 bridgehead atoms. The van der Waals surface area contributed by atoms with Gasteiger partial charge in [-0.15, -0.1) is 0 Å². The second-order valence-electron chi connectivity index (χ2n) is 6.16. The monoisotopic (exact) mass is 271 g/mol. The molecule has 2 heteroatoms. The lowest BCUT2D eigenvalue weighted by molar-refractivity contribution is 0.128. The van der Waals surface area contributed by atoms with Crippen LogP contribution in [0.25, 0.3) is 0 Å². The van der Waals surface area contributed by atoms with E-state index in [2.05, 4.69) is 50.6 Å². The molecule has 1 aliphatic rings. The largest absolute Gasteiger partial charge is 0.300 e.